The molecule has 1 rings (SSSR count). The van der Waals surface area contributed by atoms with Crippen LogP contribution in [0.2, 0.25) is 5.02 Å². The van der Waals surface area contributed by atoms with Crippen molar-refractivity contribution in [1.82, 2.24) is 0 Å². The predicted octanol–water partition coefficient (Wildman–Crippen LogP) is 4.45. The van der Waals surface area contributed by atoms with Crippen molar-refractivity contribution >= 4 is 24.2 Å². The maximum Gasteiger partial charge on any atom is 0.183 e. The highest BCUT2D eigenvalue weighted by Crippen LogP contribution is 2.29. The number of thiol groups is 1. The average Bonchev–Trinajstić information content (AvgIpc) is 2.23. The van der Waals surface area contributed by atoms with Gasteiger partial charge in [-0.2, -0.15) is 12.6 Å². The summed E-state index contributed by atoms with van der Waals surface area (Å²) in [6, 6.07) is 4.76. The van der Waals surface area contributed by atoms with E-state index in [0.717, 1.165) is 0 Å². The van der Waals surface area contributed by atoms with Gasteiger partial charge in [0.2, 0.25) is 0 Å². The fraction of sp³-hybridized carbons (Fsp3) is 0.538. The first-order valence-electron chi connectivity index (χ1n) is 5.54. The van der Waals surface area contributed by atoms with E-state index in [4.69, 9.17) is 16.3 Å². The van der Waals surface area contributed by atoms with Crippen LogP contribution in [-0.2, 0) is 0 Å². The zero-order valence-corrected chi connectivity index (χ0v) is 12.0. The summed E-state index contributed by atoms with van der Waals surface area (Å²) in [7, 11) is 0. The van der Waals surface area contributed by atoms with E-state index in [0.29, 0.717) is 12.4 Å². The second-order valence-electron chi connectivity index (χ2n) is 5.11. The van der Waals surface area contributed by atoms with Crippen molar-refractivity contribution in [2.24, 2.45) is 11.3 Å². The summed E-state index contributed by atoms with van der Waals surface area (Å²) >= 11 is 9.98. The molecular formula is C13H18ClFOS. The van der Waals surface area contributed by atoms with Gasteiger partial charge < -0.3 is 4.74 Å². The minimum Gasteiger partial charge on any atom is -0.490 e. The molecule has 0 spiro atoms. The van der Waals surface area contributed by atoms with Crippen molar-refractivity contribution < 1.29 is 9.13 Å². The highest BCUT2D eigenvalue weighted by molar-refractivity contribution is 7.80. The first-order chi connectivity index (χ1) is 7.86. The molecule has 0 aromatic heterocycles. The summed E-state index contributed by atoms with van der Waals surface area (Å²) in [4.78, 5) is 0. The Morgan fingerprint density at radius 3 is 2.59 bits per heavy atom. The van der Waals surface area contributed by atoms with Gasteiger partial charge in [-0.1, -0.05) is 38.4 Å². The van der Waals surface area contributed by atoms with Crippen LogP contribution in [-0.4, -0.2) is 12.4 Å². The van der Waals surface area contributed by atoms with Crippen molar-refractivity contribution in [2.45, 2.75) is 20.8 Å². The van der Waals surface area contributed by atoms with Crippen LogP contribution in [0.5, 0.6) is 5.75 Å². The molecule has 1 nitrogen and oxygen atoms in total. The van der Waals surface area contributed by atoms with E-state index in [2.05, 4.69) is 33.4 Å². The Labute approximate surface area is 113 Å². The average molecular weight is 277 g/mol. The quantitative estimate of drug-likeness (QED) is 0.800. The topological polar surface area (TPSA) is 9.23 Å². The monoisotopic (exact) mass is 276 g/mol. The summed E-state index contributed by atoms with van der Waals surface area (Å²) in [5.41, 5.74) is 0.0802. The molecule has 0 aliphatic carbocycles. The summed E-state index contributed by atoms with van der Waals surface area (Å²) in [5, 5.41) is 0.0840. The van der Waals surface area contributed by atoms with Gasteiger partial charge in [0.05, 0.1) is 11.6 Å². The zero-order valence-electron chi connectivity index (χ0n) is 10.3. The summed E-state index contributed by atoms with van der Waals surface area (Å²) in [6.07, 6.45) is 0. The van der Waals surface area contributed by atoms with Crippen molar-refractivity contribution in [3.8, 4) is 5.75 Å². The molecular weight excluding hydrogens is 259 g/mol. The highest BCUT2D eigenvalue weighted by Gasteiger charge is 2.24. The van der Waals surface area contributed by atoms with E-state index in [1.54, 1.807) is 12.1 Å². The number of benzene rings is 1. The van der Waals surface area contributed by atoms with Gasteiger partial charge in [0.15, 0.2) is 11.6 Å². The Morgan fingerprint density at radius 1 is 1.41 bits per heavy atom. The predicted molar refractivity (Wildman–Crippen MR) is 73.7 cm³/mol. The molecule has 17 heavy (non-hydrogen) atoms. The first-order valence-corrected chi connectivity index (χ1v) is 6.55. The van der Waals surface area contributed by atoms with E-state index in [9.17, 15) is 4.39 Å². The van der Waals surface area contributed by atoms with Crippen molar-refractivity contribution in [1.29, 1.82) is 0 Å². The lowest BCUT2D eigenvalue weighted by molar-refractivity contribution is 0.161. The van der Waals surface area contributed by atoms with Gasteiger partial charge in [-0.3, -0.25) is 0 Å². The molecule has 96 valence electrons. The third-order valence-electron chi connectivity index (χ3n) is 2.80. The van der Waals surface area contributed by atoms with Crippen LogP contribution in [0.1, 0.15) is 20.8 Å². The molecule has 0 fully saturated rings. The highest BCUT2D eigenvalue weighted by atomic mass is 35.5. The van der Waals surface area contributed by atoms with E-state index in [-0.39, 0.29) is 22.1 Å². The van der Waals surface area contributed by atoms with Crippen molar-refractivity contribution in [2.75, 3.05) is 12.4 Å². The second-order valence-corrected chi connectivity index (χ2v) is 5.88. The van der Waals surface area contributed by atoms with Crippen LogP contribution >= 0.6 is 24.2 Å². The minimum absolute atomic E-state index is 0.0802. The Balaban J connectivity index is 2.70. The molecule has 4 heteroatoms. The van der Waals surface area contributed by atoms with Crippen LogP contribution in [0.25, 0.3) is 0 Å². The Kier molecular flexibility index (Phi) is 5.14. The van der Waals surface area contributed by atoms with Crippen LogP contribution in [0.4, 0.5) is 4.39 Å². The maximum atomic E-state index is 13.6. The van der Waals surface area contributed by atoms with Gasteiger partial charge in [-0.05, 0) is 23.3 Å². The third kappa shape index (κ3) is 4.07. The van der Waals surface area contributed by atoms with Gasteiger partial charge in [-0.25, -0.2) is 4.39 Å². The number of halogens is 2. The molecule has 0 N–H and O–H groups in total. The SMILES string of the molecule is CC(C)(C)C(CS)COc1cccc(Cl)c1F. The van der Waals surface area contributed by atoms with Crippen LogP contribution in [0.3, 0.4) is 0 Å². The summed E-state index contributed by atoms with van der Waals surface area (Å²) in [5.74, 6) is 0.657. The van der Waals surface area contributed by atoms with Gasteiger partial charge in [0.1, 0.15) is 0 Å². The zero-order chi connectivity index (χ0) is 13.1. The van der Waals surface area contributed by atoms with Gasteiger partial charge in [0, 0.05) is 5.92 Å². The molecule has 0 amide bonds. The van der Waals surface area contributed by atoms with Crippen molar-refractivity contribution in [3.05, 3.63) is 29.0 Å². The van der Waals surface area contributed by atoms with Crippen LogP contribution in [0, 0.1) is 17.2 Å². The lowest BCUT2D eigenvalue weighted by atomic mass is 9.82. The fourth-order valence-electron chi connectivity index (χ4n) is 1.36. The third-order valence-corrected chi connectivity index (χ3v) is 3.53. The lowest BCUT2D eigenvalue weighted by Crippen LogP contribution is -2.28. The summed E-state index contributed by atoms with van der Waals surface area (Å²) < 4.78 is 19.1. The number of ether oxygens (including phenoxy) is 1. The van der Waals surface area contributed by atoms with E-state index in [1.165, 1.54) is 6.07 Å². The molecule has 0 radical (unpaired) electrons. The minimum atomic E-state index is -0.499. The first kappa shape index (κ1) is 14.7. The molecule has 1 atom stereocenters. The molecule has 0 bridgehead atoms. The van der Waals surface area contributed by atoms with Crippen LogP contribution < -0.4 is 4.74 Å². The Bertz CT molecular complexity index is 376. The molecule has 0 aliphatic heterocycles. The molecule has 0 saturated heterocycles. The smallest absolute Gasteiger partial charge is 0.183 e. The lowest BCUT2D eigenvalue weighted by Gasteiger charge is -2.29. The Hall–Kier alpha value is -0.410. The summed E-state index contributed by atoms with van der Waals surface area (Å²) in [6.45, 7) is 6.78. The maximum absolute atomic E-state index is 13.6. The molecule has 1 unspecified atom stereocenters. The van der Waals surface area contributed by atoms with E-state index >= 15 is 0 Å². The van der Waals surface area contributed by atoms with E-state index in [1.807, 2.05) is 0 Å². The molecule has 0 heterocycles. The number of hydrogen-bond donors (Lipinski definition) is 1. The molecule has 0 aliphatic rings. The standard InChI is InChI=1S/C13H18ClFOS/c1-13(2,3)9(8-17)7-16-11-6-4-5-10(14)12(11)15/h4-6,9,17H,7-8H2,1-3H3. The van der Waals surface area contributed by atoms with E-state index < -0.39 is 5.82 Å². The van der Waals surface area contributed by atoms with Crippen LogP contribution in [0.15, 0.2) is 18.2 Å². The second kappa shape index (κ2) is 5.96. The molecule has 1 aromatic carbocycles. The Morgan fingerprint density at radius 2 is 2.06 bits per heavy atom. The largest absolute Gasteiger partial charge is 0.490 e. The van der Waals surface area contributed by atoms with Gasteiger partial charge >= 0.3 is 0 Å². The molecule has 1 aromatic rings. The number of rotatable bonds is 4. The van der Waals surface area contributed by atoms with Crippen molar-refractivity contribution in [3.63, 3.8) is 0 Å². The fourth-order valence-corrected chi connectivity index (χ4v) is 2.18. The molecule has 0 saturated carbocycles. The normalized spacial score (nSPS) is 13.5. The van der Waals surface area contributed by atoms with Gasteiger partial charge in [0.25, 0.3) is 0 Å². The van der Waals surface area contributed by atoms with Gasteiger partial charge in [-0.15, -0.1) is 0 Å². The number of hydrogen-bond acceptors (Lipinski definition) is 2.